The van der Waals surface area contributed by atoms with Crippen LogP contribution in [0.4, 0.5) is 0 Å². The largest absolute Gasteiger partial charge is 0.0843 e. The van der Waals surface area contributed by atoms with Crippen LogP contribution in [0.1, 0.15) is 65.8 Å². The topological polar surface area (TPSA) is 0 Å². The van der Waals surface area contributed by atoms with Gasteiger partial charge in [0, 0.05) is 16.9 Å². The third-order valence-electron chi connectivity index (χ3n) is 9.68. The zero-order chi connectivity index (χ0) is 28.1. The van der Waals surface area contributed by atoms with Crippen molar-refractivity contribution in [3.05, 3.63) is 160 Å². The van der Waals surface area contributed by atoms with Crippen LogP contribution in [0.3, 0.4) is 0 Å². The van der Waals surface area contributed by atoms with Gasteiger partial charge in [-0.05, 0) is 99.0 Å². The molecule has 41 heavy (non-hydrogen) atoms. The molecule has 202 valence electrons. The molecule has 4 atom stereocenters. The Morgan fingerprint density at radius 2 is 1.20 bits per heavy atom. The average Bonchev–Trinajstić information content (AvgIpc) is 3.58. The van der Waals surface area contributed by atoms with E-state index >= 15 is 0 Å². The predicted molar refractivity (Wildman–Crippen MR) is 175 cm³/mol. The highest BCUT2D eigenvalue weighted by Crippen LogP contribution is 2.62. The quantitative estimate of drug-likeness (QED) is 0.197. The molecule has 2 bridgehead atoms. The van der Waals surface area contributed by atoms with Gasteiger partial charge in [0.2, 0.25) is 0 Å². The fourth-order valence-electron chi connectivity index (χ4n) is 7.46. The Labute approximate surface area is 249 Å². The molecule has 7 rings (SSSR count). The number of hydrogen-bond acceptors (Lipinski definition) is 0. The minimum Gasteiger partial charge on any atom is -0.0843 e. The Morgan fingerprint density at radius 3 is 1.83 bits per heavy atom. The van der Waals surface area contributed by atoms with E-state index in [9.17, 15) is 0 Å². The molecule has 0 spiro atoms. The molecule has 5 aromatic rings. The maximum Gasteiger partial charge on any atom is 0.0409 e. The maximum absolute atomic E-state index is 6.56. The van der Waals surface area contributed by atoms with E-state index < -0.39 is 0 Å². The average molecular weight is 551 g/mol. The van der Waals surface area contributed by atoms with E-state index in [2.05, 4.69) is 142 Å². The van der Waals surface area contributed by atoms with E-state index in [4.69, 9.17) is 11.6 Å². The highest BCUT2D eigenvalue weighted by Gasteiger charge is 2.46. The normalized spacial score (nSPS) is 18.8. The second kappa shape index (κ2) is 10.5. The first-order valence-electron chi connectivity index (χ1n) is 14.8. The Bertz CT molecular complexity index is 1700. The van der Waals surface area contributed by atoms with Gasteiger partial charge in [0.25, 0.3) is 0 Å². The summed E-state index contributed by atoms with van der Waals surface area (Å²) in [5.74, 6) is 1.58. The van der Waals surface area contributed by atoms with Crippen LogP contribution in [-0.4, -0.2) is 0 Å². The van der Waals surface area contributed by atoms with Gasteiger partial charge in [0.1, 0.15) is 0 Å². The fourth-order valence-corrected chi connectivity index (χ4v) is 7.64. The summed E-state index contributed by atoms with van der Waals surface area (Å²) in [4.78, 5) is 0. The van der Waals surface area contributed by atoms with Gasteiger partial charge in [-0.1, -0.05) is 134 Å². The summed E-state index contributed by atoms with van der Waals surface area (Å²) in [6.45, 7) is 7.15. The van der Waals surface area contributed by atoms with Gasteiger partial charge in [0.05, 0.1) is 0 Å². The molecule has 1 heteroatoms. The van der Waals surface area contributed by atoms with Crippen LogP contribution in [0.15, 0.2) is 127 Å². The van der Waals surface area contributed by atoms with E-state index in [1.165, 1.54) is 50.1 Å². The lowest BCUT2D eigenvalue weighted by molar-refractivity contribution is 0.531. The van der Waals surface area contributed by atoms with Crippen molar-refractivity contribution in [2.75, 3.05) is 0 Å². The first-order valence-corrected chi connectivity index (χ1v) is 15.2. The third-order valence-corrected chi connectivity index (χ3v) is 9.91. The molecule has 5 aromatic carbocycles. The van der Waals surface area contributed by atoms with Crippen LogP contribution in [0.25, 0.3) is 27.8 Å². The monoisotopic (exact) mass is 550 g/mol. The first-order chi connectivity index (χ1) is 20.0. The van der Waals surface area contributed by atoms with Crippen molar-refractivity contribution in [2.24, 2.45) is 5.92 Å². The summed E-state index contributed by atoms with van der Waals surface area (Å²) >= 11 is 6.56. The summed E-state index contributed by atoms with van der Waals surface area (Å²) < 4.78 is 0. The van der Waals surface area contributed by atoms with Crippen molar-refractivity contribution in [1.82, 2.24) is 0 Å². The smallest absolute Gasteiger partial charge is 0.0409 e. The van der Waals surface area contributed by atoms with Crippen molar-refractivity contribution in [2.45, 2.75) is 44.9 Å². The molecule has 0 radical (unpaired) electrons. The van der Waals surface area contributed by atoms with Crippen molar-refractivity contribution < 1.29 is 0 Å². The van der Waals surface area contributed by atoms with Crippen molar-refractivity contribution in [1.29, 1.82) is 0 Å². The number of aryl methyl sites for hydroxylation is 1. The van der Waals surface area contributed by atoms with Crippen LogP contribution < -0.4 is 0 Å². The summed E-state index contributed by atoms with van der Waals surface area (Å²) in [6, 6.07) is 44.3. The Kier molecular flexibility index (Phi) is 6.68. The number of fused-ring (bicyclic) bond motifs is 5. The molecule has 0 heterocycles. The summed E-state index contributed by atoms with van der Waals surface area (Å²) in [7, 11) is 0. The number of hydrogen-bond donors (Lipinski definition) is 0. The van der Waals surface area contributed by atoms with Crippen LogP contribution >= 0.6 is 11.6 Å². The highest BCUT2D eigenvalue weighted by molar-refractivity contribution is 6.30. The molecule has 0 fully saturated rings. The third kappa shape index (κ3) is 4.55. The molecular weight excluding hydrogens is 516 g/mol. The first kappa shape index (κ1) is 26.1. The van der Waals surface area contributed by atoms with Gasteiger partial charge in [0.15, 0.2) is 0 Å². The van der Waals surface area contributed by atoms with E-state index in [0.717, 1.165) is 11.4 Å². The molecule has 0 aliphatic heterocycles. The van der Waals surface area contributed by atoms with Crippen LogP contribution in [-0.2, 0) is 0 Å². The summed E-state index contributed by atoms with van der Waals surface area (Å²) in [5, 5.41) is 0.844. The van der Waals surface area contributed by atoms with Gasteiger partial charge in [-0.2, -0.15) is 0 Å². The maximum atomic E-state index is 6.56. The molecule has 0 nitrogen and oxygen atoms in total. The van der Waals surface area contributed by atoms with Crippen LogP contribution in [0, 0.1) is 12.8 Å². The standard InChI is InChI=1S/C40H35Cl/c1-25-12-10-11-17-34(25)40-37-24-38(36-23-33(41)18-19-35(36)37)39(40)27(3)26(2)30-20-31(28-13-6-4-7-14-28)22-32(21-30)29-15-8-5-9-16-29/h4-23,26-27,37-38H,24H2,1-3H3. The minimum atomic E-state index is 0.345. The Balaban J connectivity index is 1.37. The second-order valence-electron chi connectivity index (χ2n) is 12.0. The predicted octanol–water partition coefficient (Wildman–Crippen LogP) is 11.5. The zero-order valence-corrected chi connectivity index (χ0v) is 24.7. The minimum absolute atomic E-state index is 0.345. The number of halogens is 1. The molecule has 0 saturated heterocycles. The number of rotatable bonds is 6. The molecule has 0 aromatic heterocycles. The molecule has 2 aliphatic rings. The van der Waals surface area contributed by atoms with Gasteiger partial charge in [-0.25, -0.2) is 0 Å². The summed E-state index contributed by atoms with van der Waals surface area (Å²) in [6.07, 6.45) is 1.16. The van der Waals surface area contributed by atoms with Gasteiger partial charge in [-0.3, -0.25) is 0 Å². The lowest BCUT2D eigenvalue weighted by atomic mass is 9.72. The lowest BCUT2D eigenvalue weighted by Crippen LogP contribution is -2.16. The van der Waals surface area contributed by atoms with Gasteiger partial charge < -0.3 is 0 Å². The van der Waals surface area contributed by atoms with E-state index in [0.29, 0.717) is 23.7 Å². The summed E-state index contributed by atoms with van der Waals surface area (Å²) in [5.41, 5.74) is 15.3. The van der Waals surface area contributed by atoms with Gasteiger partial charge >= 0.3 is 0 Å². The SMILES string of the molecule is Cc1ccccc1C1=C(C(C)C(C)c2cc(-c3ccccc3)cc(-c3ccccc3)c2)C2CC1c1ccc(Cl)cc12. The van der Waals surface area contributed by atoms with Crippen LogP contribution in [0.2, 0.25) is 5.02 Å². The van der Waals surface area contributed by atoms with E-state index in [-0.39, 0.29) is 0 Å². The number of allylic oxidation sites excluding steroid dienone is 2. The molecule has 0 saturated carbocycles. The van der Waals surface area contributed by atoms with Gasteiger partial charge in [-0.15, -0.1) is 0 Å². The van der Waals surface area contributed by atoms with Crippen LogP contribution in [0.5, 0.6) is 0 Å². The molecule has 4 unspecified atom stereocenters. The lowest BCUT2D eigenvalue weighted by Gasteiger charge is -2.32. The Hall–Kier alpha value is -3.87. The number of benzene rings is 5. The van der Waals surface area contributed by atoms with E-state index in [1.54, 1.807) is 11.1 Å². The second-order valence-corrected chi connectivity index (χ2v) is 12.4. The highest BCUT2D eigenvalue weighted by atomic mass is 35.5. The van der Waals surface area contributed by atoms with Crippen molar-refractivity contribution >= 4 is 17.2 Å². The zero-order valence-electron chi connectivity index (χ0n) is 23.9. The Morgan fingerprint density at radius 1 is 0.585 bits per heavy atom. The molecule has 2 aliphatic carbocycles. The molecule has 0 N–H and O–H groups in total. The van der Waals surface area contributed by atoms with Crippen molar-refractivity contribution in [3.63, 3.8) is 0 Å². The van der Waals surface area contributed by atoms with Crippen molar-refractivity contribution in [3.8, 4) is 22.3 Å². The fraction of sp³-hybridized carbons (Fsp3) is 0.200. The van der Waals surface area contributed by atoms with E-state index in [1.807, 2.05) is 0 Å². The molecule has 0 amide bonds. The molecular formula is C40H35Cl.